The Bertz CT molecular complexity index is 1180. The summed E-state index contributed by atoms with van der Waals surface area (Å²) in [4.78, 5) is 8.87. The van der Waals surface area contributed by atoms with Crippen LogP contribution in [0.15, 0.2) is 29.5 Å². The summed E-state index contributed by atoms with van der Waals surface area (Å²) in [7, 11) is 0. The van der Waals surface area contributed by atoms with Gasteiger partial charge in [0.15, 0.2) is 0 Å². The molecule has 0 aromatic heterocycles. The normalized spacial score (nSPS) is 13.9. The van der Waals surface area contributed by atoms with Crippen LogP contribution in [0.25, 0.3) is 0 Å². The monoisotopic (exact) mass is 685 g/mol. The molecule has 0 fully saturated rings. The van der Waals surface area contributed by atoms with Crippen molar-refractivity contribution in [1.29, 1.82) is 0 Å². The second kappa shape index (κ2) is 13.8. The van der Waals surface area contributed by atoms with Crippen molar-refractivity contribution in [2.45, 2.75) is 100.0 Å². The van der Waals surface area contributed by atoms with Gasteiger partial charge in [-0.05, 0) is 102 Å². The van der Waals surface area contributed by atoms with Crippen molar-refractivity contribution in [3.8, 4) is 5.75 Å². The molecule has 0 unspecified atom stereocenters. The zero-order valence-corrected chi connectivity index (χ0v) is 28.8. The van der Waals surface area contributed by atoms with Gasteiger partial charge in [0, 0.05) is 38.2 Å². The molecule has 3 rings (SSSR count). The summed E-state index contributed by atoms with van der Waals surface area (Å²) in [6.45, 7) is 29.8. The van der Waals surface area contributed by atoms with E-state index in [-0.39, 0.29) is 16.6 Å². The van der Waals surface area contributed by atoms with E-state index in [1.165, 1.54) is 38.9 Å². The number of halogens is 1. The molecule has 0 aliphatic carbocycles. The minimum absolute atomic E-state index is 0.0248. The Morgan fingerprint density at radius 2 is 1.38 bits per heavy atom. The number of hydrogen-bond donors (Lipinski definition) is 0. The van der Waals surface area contributed by atoms with Crippen molar-refractivity contribution in [3.63, 3.8) is 0 Å². The van der Waals surface area contributed by atoms with E-state index in [4.69, 9.17) is 0 Å². The molecule has 0 atom stereocenters. The summed E-state index contributed by atoms with van der Waals surface area (Å²) in [5.74, 6) is 0.0937. The van der Waals surface area contributed by atoms with E-state index in [1.54, 1.807) is 6.21 Å². The molecule has 0 amide bonds. The van der Waals surface area contributed by atoms with Crippen LogP contribution in [0.2, 0.25) is 0 Å². The van der Waals surface area contributed by atoms with Gasteiger partial charge in [0.25, 0.3) is 0 Å². The molecule has 0 bridgehead atoms. The first kappa shape index (κ1) is 33.6. The number of aliphatic imine (C=N–C) groups is 1. The number of benzene rings is 2. The third kappa shape index (κ3) is 8.45. The predicted octanol–water partition coefficient (Wildman–Crippen LogP) is 7.83. The Morgan fingerprint density at radius 1 is 0.846 bits per heavy atom. The van der Waals surface area contributed by atoms with Gasteiger partial charge in [-0.1, -0.05) is 59.4 Å². The van der Waals surface area contributed by atoms with Crippen LogP contribution in [0.1, 0.15) is 98.0 Å². The van der Waals surface area contributed by atoms with Crippen LogP contribution in [0.4, 0.5) is 0 Å². The van der Waals surface area contributed by atoms with Gasteiger partial charge in [0.05, 0.1) is 0 Å². The standard InChI is InChI=1S/C33H47N3O.BrH.Pd/c1-22-23(2)25(4)29(26(5)24(22)3)20-36-16-15-35(21-36)14-12-13-34-19-27-17-28(32(6,7)8)18-30(31(27)37)33(9,10)11;;/h15-19,37H,12-14,20H2,1-11H3;1H;/q;;+2/p-2. The maximum absolute atomic E-state index is 13.1. The molecule has 4 nitrogen and oxygen atoms in total. The van der Waals surface area contributed by atoms with Gasteiger partial charge < -0.3 is 14.9 Å². The van der Waals surface area contributed by atoms with E-state index in [2.05, 4.69) is 147 Å². The SMILES string of the molecule is Cc1c(C)c(C)c(CN2[C]N(CCCN=Cc3cc(C(C)(C)C)cc(C(C)(C)C)c3[O-])C=C2)c(C)c1C.[Br][Pd+]. The number of nitrogens with zero attached hydrogens (tertiary/aromatic N) is 3. The molecule has 0 saturated heterocycles. The molecule has 0 spiro atoms. The van der Waals surface area contributed by atoms with E-state index in [0.717, 1.165) is 25.1 Å². The molecule has 6 heteroatoms. The zero-order valence-electron chi connectivity index (χ0n) is 25.7. The van der Waals surface area contributed by atoms with Gasteiger partial charge in [-0.15, -0.1) is 0 Å². The minimum atomic E-state index is -0.201. The summed E-state index contributed by atoms with van der Waals surface area (Å²) in [5.41, 5.74) is 10.8. The molecular weight excluding hydrogens is 641 g/mol. The maximum atomic E-state index is 13.1. The van der Waals surface area contributed by atoms with Crippen LogP contribution < -0.4 is 5.11 Å². The fourth-order valence-corrected chi connectivity index (χ4v) is 4.82. The third-order valence-electron chi connectivity index (χ3n) is 7.88. The topological polar surface area (TPSA) is 41.9 Å². The van der Waals surface area contributed by atoms with E-state index in [1.807, 2.05) is 6.07 Å². The second-order valence-electron chi connectivity index (χ2n) is 12.7. The van der Waals surface area contributed by atoms with E-state index in [9.17, 15) is 5.11 Å². The van der Waals surface area contributed by atoms with Gasteiger partial charge in [0.2, 0.25) is 6.67 Å². The predicted molar refractivity (Wildman–Crippen MR) is 164 cm³/mol. The molecule has 216 valence electrons. The molecule has 1 aliphatic heterocycles. The Morgan fingerprint density at radius 3 is 1.92 bits per heavy atom. The molecule has 0 N–H and O–H groups in total. The Labute approximate surface area is 255 Å². The molecule has 0 saturated carbocycles. The van der Waals surface area contributed by atoms with Crippen molar-refractivity contribution >= 4 is 19.6 Å². The Hall–Kier alpha value is -1.61. The van der Waals surface area contributed by atoms with Crippen LogP contribution in [0, 0.1) is 41.3 Å². The Kier molecular flexibility index (Phi) is 11.9. The first-order chi connectivity index (χ1) is 18.1. The third-order valence-corrected chi connectivity index (χ3v) is 7.88. The number of hydrogen-bond acceptors (Lipinski definition) is 4. The molecule has 2 aromatic rings. The molecule has 2 radical (unpaired) electrons. The molecule has 1 aliphatic rings. The van der Waals surface area contributed by atoms with Crippen LogP contribution >= 0.6 is 13.4 Å². The average Bonchev–Trinajstić information content (AvgIpc) is 3.32. The van der Waals surface area contributed by atoms with Gasteiger partial charge in [-0.25, -0.2) is 0 Å². The van der Waals surface area contributed by atoms with Gasteiger partial charge >= 0.3 is 30.6 Å². The van der Waals surface area contributed by atoms with Gasteiger partial charge in [-0.2, -0.15) is 0 Å². The van der Waals surface area contributed by atoms with E-state index < -0.39 is 0 Å². The molecule has 1 heterocycles. The fraction of sp³-hybridized carbons (Fsp3) is 0.515. The Balaban J connectivity index is 0.00000260. The van der Waals surface area contributed by atoms with Gasteiger partial charge in [0.1, 0.15) is 0 Å². The van der Waals surface area contributed by atoms with Crippen LogP contribution in [-0.4, -0.2) is 29.1 Å². The summed E-state index contributed by atoms with van der Waals surface area (Å²) in [6.07, 6.45) is 6.85. The fourth-order valence-electron chi connectivity index (χ4n) is 4.82. The molecule has 39 heavy (non-hydrogen) atoms. The van der Waals surface area contributed by atoms with Gasteiger partial charge in [-0.3, -0.25) is 4.99 Å². The summed E-state index contributed by atoms with van der Waals surface area (Å²) in [5, 5.41) is 13.1. The van der Waals surface area contributed by atoms with Crippen molar-refractivity contribution in [2.24, 2.45) is 4.99 Å². The first-order valence-corrected chi connectivity index (χ1v) is 17.2. The summed E-state index contributed by atoms with van der Waals surface area (Å²) >= 11 is 5.35. The van der Waals surface area contributed by atoms with Crippen molar-refractivity contribution in [1.82, 2.24) is 9.80 Å². The second-order valence-corrected chi connectivity index (χ2v) is 12.7. The zero-order chi connectivity index (χ0) is 29.7. The summed E-state index contributed by atoms with van der Waals surface area (Å²) in [6, 6.07) is 4.10. The van der Waals surface area contributed by atoms with E-state index >= 15 is 0 Å². The first-order valence-electron chi connectivity index (χ1n) is 13.6. The average molecular weight is 687 g/mol. The van der Waals surface area contributed by atoms with Crippen LogP contribution in [-0.2, 0) is 34.6 Å². The summed E-state index contributed by atoms with van der Waals surface area (Å²) < 4.78 is 0. The van der Waals surface area contributed by atoms with Crippen molar-refractivity contribution in [2.75, 3.05) is 13.1 Å². The van der Waals surface area contributed by atoms with Crippen molar-refractivity contribution in [3.05, 3.63) is 81.3 Å². The van der Waals surface area contributed by atoms with Crippen molar-refractivity contribution < 1.29 is 22.3 Å². The number of rotatable bonds is 7. The quantitative estimate of drug-likeness (QED) is 0.169. The molecular formula is C33H46BrN3OPd. The van der Waals surface area contributed by atoms with Crippen LogP contribution in [0.3, 0.4) is 0 Å². The van der Waals surface area contributed by atoms with E-state index in [0.29, 0.717) is 12.1 Å². The molecule has 2 aromatic carbocycles. The van der Waals surface area contributed by atoms with Crippen LogP contribution in [0.5, 0.6) is 5.75 Å².